The highest BCUT2D eigenvalue weighted by atomic mass is 16.5. The molecule has 3 rings (SSSR count). The van der Waals surface area contributed by atoms with Crippen LogP contribution < -0.4 is 5.73 Å². The minimum absolute atomic E-state index is 0.199. The lowest BCUT2D eigenvalue weighted by Gasteiger charge is -2.24. The van der Waals surface area contributed by atoms with Crippen molar-refractivity contribution < 1.29 is 9.32 Å². The highest BCUT2D eigenvalue weighted by Crippen LogP contribution is 2.33. The second-order valence-electron chi connectivity index (χ2n) is 6.33. The van der Waals surface area contributed by atoms with Gasteiger partial charge in [-0.1, -0.05) is 5.16 Å². The summed E-state index contributed by atoms with van der Waals surface area (Å²) in [6.45, 7) is 7.33. The van der Waals surface area contributed by atoms with E-state index in [4.69, 9.17) is 10.3 Å². The fraction of sp³-hybridized carbons (Fsp3) is 0.529. The Morgan fingerprint density at radius 2 is 2.17 bits per heavy atom. The molecule has 0 radical (unpaired) electrons. The maximum absolute atomic E-state index is 11.1. The van der Waals surface area contributed by atoms with Crippen LogP contribution in [0.5, 0.6) is 0 Å². The van der Waals surface area contributed by atoms with Crippen LogP contribution in [-0.4, -0.2) is 39.0 Å². The van der Waals surface area contributed by atoms with Crippen LogP contribution in [0.2, 0.25) is 0 Å². The van der Waals surface area contributed by atoms with Gasteiger partial charge in [-0.3, -0.25) is 9.69 Å². The molecule has 128 valence electrons. The van der Waals surface area contributed by atoms with E-state index in [0.717, 1.165) is 53.6 Å². The van der Waals surface area contributed by atoms with Gasteiger partial charge in [-0.15, -0.1) is 0 Å². The van der Waals surface area contributed by atoms with Gasteiger partial charge in [0, 0.05) is 13.0 Å². The molecule has 1 saturated heterocycles. The minimum Gasteiger partial charge on any atom is -0.370 e. The van der Waals surface area contributed by atoms with E-state index < -0.39 is 0 Å². The summed E-state index contributed by atoms with van der Waals surface area (Å²) in [5, 5.41) is 4.02. The fourth-order valence-electron chi connectivity index (χ4n) is 3.42. The van der Waals surface area contributed by atoms with Crippen LogP contribution >= 0.6 is 0 Å². The molecule has 2 N–H and O–H groups in total. The number of carbonyl (C=O) groups is 1. The van der Waals surface area contributed by atoms with Crippen molar-refractivity contribution in [1.82, 2.24) is 20.0 Å². The molecule has 1 atom stereocenters. The molecule has 7 nitrogen and oxygen atoms in total. The summed E-state index contributed by atoms with van der Waals surface area (Å²) in [5.41, 5.74) is 8.88. The third kappa shape index (κ3) is 3.31. The molecule has 0 aromatic carbocycles. The summed E-state index contributed by atoms with van der Waals surface area (Å²) in [4.78, 5) is 22.6. The molecule has 0 aliphatic carbocycles. The maximum atomic E-state index is 11.1. The smallest absolute Gasteiger partial charge is 0.218 e. The van der Waals surface area contributed by atoms with Crippen molar-refractivity contribution in [2.75, 3.05) is 13.1 Å². The molecule has 1 fully saturated rings. The second kappa shape index (κ2) is 6.68. The Bertz CT molecular complexity index is 736. The van der Waals surface area contributed by atoms with Crippen molar-refractivity contribution in [2.45, 2.75) is 46.1 Å². The summed E-state index contributed by atoms with van der Waals surface area (Å²) in [6, 6.07) is 2.22. The molecule has 3 heterocycles. The lowest BCUT2D eigenvalue weighted by Crippen LogP contribution is -2.28. The van der Waals surface area contributed by atoms with E-state index in [1.54, 1.807) is 0 Å². The number of primary amides is 1. The van der Waals surface area contributed by atoms with E-state index >= 15 is 0 Å². The third-order valence-corrected chi connectivity index (χ3v) is 4.50. The van der Waals surface area contributed by atoms with Crippen LogP contribution in [0.3, 0.4) is 0 Å². The molecule has 7 heteroatoms. The number of carbonyl (C=O) groups excluding carboxylic acids is 1. The van der Waals surface area contributed by atoms with E-state index in [1.165, 1.54) is 0 Å². The predicted octanol–water partition coefficient (Wildman–Crippen LogP) is 2.07. The van der Waals surface area contributed by atoms with E-state index in [2.05, 4.69) is 20.0 Å². The monoisotopic (exact) mass is 329 g/mol. The molecule has 2 aromatic heterocycles. The number of aryl methyl sites for hydroxylation is 3. The molecular formula is C17H23N5O2. The Morgan fingerprint density at radius 3 is 2.83 bits per heavy atom. The molecule has 0 unspecified atom stereocenters. The molecule has 2 aromatic rings. The van der Waals surface area contributed by atoms with Crippen molar-refractivity contribution in [2.24, 2.45) is 5.73 Å². The summed E-state index contributed by atoms with van der Waals surface area (Å²) in [7, 11) is 0. The first-order chi connectivity index (χ1) is 11.5. The highest BCUT2D eigenvalue weighted by Gasteiger charge is 2.28. The fourth-order valence-corrected chi connectivity index (χ4v) is 3.42. The molecular weight excluding hydrogens is 306 g/mol. The van der Waals surface area contributed by atoms with E-state index in [0.29, 0.717) is 13.0 Å². The van der Waals surface area contributed by atoms with E-state index in [1.807, 2.05) is 26.8 Å². The zero-order valence-corrected chi connectivity index (χ0v) is 14.4. The normalized spacial score (nSPS) is 18.2. The molecule has 1 amide bonds. The topological polar surface area (TPSA) is 98.1 Å². The van der Waals surface area contributed by atoms with Gasteiger partial charge in [0.05, 0.1) is 28.7 Å². The number of rotatable bonds is 5. The number of hydrogen-bond donors (Lipinski definition) is 1. The Balaban J connectivity index is 1.92. The van der Waals surface area contributed by atoms with Gasteiger partial charge < -0.3 is 10.3 Å². The molecule has 1 aliphatic heterocycles. The summed E-state index contributed by atoms with van der Waals surface area (Å²) in [6.07, 6.45) is 2.49. The number of amides is 1. The average Bonchev–Trinajstić information content (AvgIpc) is 3.11. The summed E-state index contributed by atoms with van der Waals surface area (Å²) < 4.78 is 5.27. The Labute approximate surface area is 141 Å². The van der Waals surface area contributed by atoms with Gasteiger partial charge in [0.2, 0.25) is 5.91 Å². The van der Waals surface area contributed by atoms with Crippen LogP contribution in [0.25, 0.3) is 11.3 Å². The van der Waals surface area contributed by atoms with E-state index in [-0.39, 0.29) is 11.9 Å². The molecule has 0 bridgehead atoms. The number of hydrogen-bond acceptors (Lipinski definition) is 6. The van der Waals surface area contributed by atoms with Crippen molar-refractivity contribution in [3.05, 3.63) is 29.0 Å². The standard InChI is InChI=1S/C17H23N5O2/c1-10-17(11(2)24-21-10)14-9-13(19-12(3)20-14)15-5-4-7-22(15)8-6-16(18)23/h9,15H,4-8H2,1-3H3,(H2,18,23)/t15-/m0/s1. The first kappa shape index (κ1) is 16.6. The van der Waals surface area contributed by atoms with Gasteiger partial charge in [0.25, 0.3) is 0 Å². The Hall–Kier alpha value is -2.28. The van der Waals surface area contributed by atoms with Gasteiger partial charge >= 0.3 is 0 Å². The van der Waals surface area contributed by atoms with Crippen LogP contribution in [0.1, 0.15) is 48.3 Å². The van der Waals surface area contributed by atoms with Crippen LogP contribution in [0.4, 0.5) is 0 Å². The van der Waals surface area contributed by atoms with Crippen molar-refractivity contribution in [3.63, 3.8) is 0 Å². The lowest BCUT2D eigenvalue weighted by atomic mass is 10.1. The van der Waals surface area contributed by atoms with Gasteiger partial charge in [0.1, 0.15) is 11.6 Å². The Kier molecular flexibility index (Phi) is 4.62. The van der Waals surface area contributed by atoms with Crippen molar-refractivity contribution in [3.8, 4) is 11.3 Å². The summed E-state index contributed by atoms with van der Waals surface area (Å²) >= 11 is 0. The second-order valence-corrected chi connectivity index (χ2v) is 6.33. The molecule has 1 aliphatic rings. The van der Waals surface area contributed by atoms with Gasteiger partial charge in [-0.25, -0.2) is 9.97 Å². The van der Waals surface area contributed by atoms with Crippen LogP contribution in [-0.2, 0) is 4.79 Å². The zero-order valence-electron chi connectivity index (χ0n) is 14.4. The first-order valence-electron chi connectivity index (χ1n) is 8.27. The number of nitrogens with zero attached hydrogens (tertiary/aromatic N) is 4. The predicted molar refractivity (Wildman–Crippen MR) is 89.1 cm³/mol. The van der Waals surface area contributed by atoms with Gasteiger partial charge in [-0.2, -0.15) is 0 Å². The van der Waals surface area contributed by atoms with E-state index in [9.17, 15) is 4.79 Å². The molecule has 24 heavy (non-hydrogen) atoms. The highest BCUT2D eigenvalue weighted by molar-refractivity contribution is 5.73. The summed E-state index contributed by atoms with van der Waals surface area (Å²) in [5.74, 6) is 1.22. The van der Waals surface area contributed by atoms with Crippen LogP contribution in [0, 0.1) is 20.8 Å². The van der Waals surface area contributed by atoms with Crippen LogP contribution in [0.15, 0.2) is 10.6 Å². The number of nitrogens with two attached hydrogens (primary N) is 1. The maximum Gasteiger partial charge on any atom is 0.218 e. The van der Waals surface area contributed by atoms with Crippen molar-refractivity contribution in [1.29, 1.82) is 0 Å². The zero-order chi connectivity index (χ0) is 17.3. The first-order valence-corrected chi connectivity index (χ1v) is 8.27. The molecule has 0 saturated carbocycles. The van der Waals surface area contributed by atoms with Gasteiger partial charge in [-0.05, 0) is 46.2 Å². The average molecular weight is 329 g/mol. The number of likely N-dealkylation sites (tertiary alicyclic amines) is 1. The lowest BCUT2D eigenvalue weighted by molar-refractivity contribution is -0.118. The largest absolute Gasteiger partial charge is 0.370 e. The Morgan fingerprint density at radius 1 is 1.38 bits per heavy atom. The SMILES string of the molecule is Cc1nc(-c2c(C)noc2C)cc([C@@H]2CCCN2CCC(N)=O)n1. The van der Waals surface area contributed by atoms with Gasteiger partial charge in [0.15, 0.2) is 0 Å². The quantitative estimate of drug-likeness (QED) is 0.901. The van der Waals surface area contributed by atoms with Crippen molar-refractivity contribution >= 4 is 5.91 Å². The minimum atomic E-state index is -0.268. The third-order valence-electron chi connectivity index (χ3n) is 4.50. The molecule has 0 spiro atoms. The number of aromatic nitrogens is 3.